The number of carbonyl (C=O) groups excluding carboxylic acids is 2. The molecule has 12 heteroatoms. The van der Waals surface area contributed by atoms with E-state index in [4.69, 9.17) is 5.73 Å². The molecule has 3 aromatic rings. The fraction of sp³-hybridized carbons (Fsp3) is 0.417. The second-order valence-electron chi connectivity index (χ2n) is 9.46. The zero-order valence-electron chi connectivity index (χ0n) is 20.8. The summed E-state index contributed by atoms with van der Waals surface area (Å²) in [6, 6.07) is 3.07. The van der Waals surface area contributed by atoms with Crippen molar-refractivity contribution in [2.75, 3.05) is 16.8 Å². The van der Waals surface area contributed by atoms with Gasteiger partial charge in [-0.1, -0.05) is 0 Å². The second-order valence-corrected chi connectivity index (χ2v) is 9.46. The minimum Gasteiger partial charge on any atom is -0.384 e. The number of rotatable bonds is 7. The number of anilines is 3. The molecule has 190 valence electrons. The van der Waals surface area contributed by atoms with Crippen LogP contribution < -0.4 is 21.3 Å². The third-order valence-corrected chi connectivity index (χ3v) is 6.21. The maximum absolute atomic E-state index is 12.9. The maximum Gasteiger partial charge on any atom is 0.271 e. The van der Waals surface area contributed by atoms with Gasteiger partial charge in [0, 0.05) is 38.1 Å². The fourth-order valence-electron chi connectivity index (χ4n) is 4.21. The molecular weight excluding hydrogens is 462 g/mol. The Morgan fingerprint density at radius 3 is 2.58 bits per heavy atom. The molecule has 4 rings (SSSR count). The van der Waals surface area contributed by atoms with Crippen molar-refractivity contribution in [2.24, 2.45) is 12.8 Å². The predicted octanol–water partition coefficient (Wildman–Crippen LogP) is 1.46. The second kappa shape index (κ2) is 9.90. The number of nitrogens with one attached hydrogen (secondary N) is 2. The largest absolute Gasteiger partial charge is 0.384 e. The van der Waals surface area contributed by atoms with E-state index in [9.17, 15) is 14.7 Å². The first-order chi connectivity index (χ1) is 17.0. The molecule has 0 saturated carbocycles. The average molecular weight is 494 g/mol. The number of piperidine rings is 1. The van der Waals surface area contributed by atoms with Crippen molar-refractivity contribution in [3.8, 4) is 0 Å². The first-order valence-corrected chi connectivity index (χ1v) is 11.7. The van der Waals surface area contributed by atoms with Crippen LogP contribution in [0.5, 0.6) is 0 Å². The standard InChI is InChI=1S/C24H31N9O3/c1-14-17(30-23(35)15-7-8-18(26-10-15)24(2,3)36)6-5-9-33(14)19-12-27-20(21(25)34)22(31-19)29-16-11-28-32(4)13-16/h7-8,10-14,17,36H,5-6,9H2,1-4H3,(H2,25,34)(H,29,31)(H,30,35)/t14-,17-/m1/s1. The van der Waals surface area contributed by atoms with Crippen LogP contribution >= 0.6 is 0 Å². The fourth-order valence-corrected chi connectivity index (χ4v) is 4.21. The third-order valence-electron chi connectivity index (χ3n) is 6.21. The van der Waals surface area contributed by atoms with E-state index in [1.807, 2.05) is 6.92 Å². The van der Waals surface area contributed by atoms with Gasteiger partial charge < -0.3 is 26.4 Å². The number of primary amides is 1. The Balaban J connectivity index is 1.51. The number of nitrogens with zero attached hydrogens (tertiary/aromatic N) is 6. The minimum atomic E-state index is -1.08. The molecule has 1 aliphatic rings. The summed E-state index contributed by atoms with van der Waals surface area (Å²) in [6.07, 6.45) is 7.98. The van der Waals surface area contributed by atoms with Gasteiger partial charge in [-0.05, 0) is 45.7 Å². The Labute approximate surface area is 209 Å². The number of hydrogen-bond acceptors (Lipinski definition) is 9. The number of pyridine rings is 1. The molecule has 0 aromatic carbocycles. The highest BCUT2D eigenvalue weighted by molar-refractivity contribution is 5.96. The lowest BCUT2D eigenvalue weighted by atomic mass is 9.97. The highest BCUT2D eigenvalue weighted by atomic mass is 16.3. The topological polar surface area (TPSA) is 164 Å². The summed E-state index contributed by atoms with van der Waals surface area (Å²) < 4.78 is 1.62. The Morgan fingerprint density at radius 2 is 1.97 bits per heavy atom. The van der Waals surface area contributed by atoms with Crippen LogP contribution in [0.1, 0.15) is 60.2 Å². The molecule has 1 aliphatic heterocycles. The molecule has 0 bridgehead atoms. The molecular formula is C24H31N9O3. The summed E-state index contributed by atoms with van der Waals surface area (Å²) in [6.45, 7) is 6.01. The van der Waals surface area contributed by atoms with Gasteiger partial charge in [-0.25, -0.2) is 9.97 Å². The zero-order chi connectivity index (χ0) is 26.0. The van der Waals surface area contributed by atoms with Crippen molar-refractivity contribution in [3.63, 3.8) is 0 Å². The van der Waals surface area contributed by atoms with Gasteiger partial charge in [-0.3, -0.25) is 19.3 Å². The van der Waals surface area contributed by atoms with E-state index in [2.05, 4.69) is 35.6 Å². The van der Waals surface area contributed by atoms with Gasteiger partial charge >= 0.3 is 0 Å². The van der Waals surface area contributed by atoms with E-state index < -0.39 is 11.5 Å². The quantitative estimate of drug-likeness (QED) is 0.381. The highest BCUT2D eigenvalue weighted by Crippen LogP contribution is 2.26. The van der Waals surface area contributed by atoms with Gasteiger partial charge in [0.05, 0.1) is 29.3 Å². The summed E-state index contributed by atoms with van der Waals surface area (Å²) in [4.78, 5) is 40.0. The van der Waals surface area contributed by atoms with E-state index in [1.165, 1.54) is 12.4 Å². The van der Waals surface area contributed by atoms with Crippen molar-refractivity contribution in [3.05, 3.63) is 53.9 Å². The molecule has 0 aliphatic carbocycles. The Hall–Kier alpha value is -4.06. The summed E-state index contributed by atoms with van der Waals surface area (Å²) in [5, 5.41) is 20.4. The summed E-state index contributed by atoms with van der Waals surface area (Å²) in [7, 11) is 1.78. The maximum atomic E-state index is 12.9. The van der Waals surface area contributed by atoms with Crippen LogP contribution in [0.4, 0.5) is 17.3 Å². The number of nitrogens with two attached hydrogens (primary N) is 1. The molecule has 36 heavy (non-hydrogen) atoms. The molecule has 1 fully saturated rings. The molecule has 12 nitrogen and oxygen atoms in total. The van der Waals surface area contributed by atoms with Gasteiger partial charge in [-0.2, -0.15) is 5.10 Å². The zero-order valence-corrected chi connectivity index (χ0v) is 20.8. The molecule has 1 saturated heterocycles. The molecule has 5 N–H and O–H groups in total. The Kier molecular flexibility index (Phi) is 6.88. The minimum absolute atomic E-state index is 0.0270. The van der Waals surface area contributed by atoms with Crippen molar-refractivity contribution in [1.29, 1.82) is 0 Å². The number of aryl methyl sites for hydroxylation is 1. The van der Waals surface area contributed by atoms with Crippen LogP contribution in [0.2, 0.25) is 0 Å². The molecule has 0 radical (unpaired) electrons. The molecule has 2 atom stereocenters. The molecule has 3 aromatic heterocycles. The highest BCUT2D eigenvalue weighted by Gasteiger charge is 2.31. The van der Waals surface area contributed by atoms with Crippen LogP contribution in [0, 0.1) is 0 Å². The van der Waals surface area contributed by atoms with Gasteiger partial charge in [0.2, 0.25) is 0 Å². The third kappa shape index (κ3) is 5.43. The van der Waals surface area contributed by atoms with Crippen molar-refractivity contribution in [1.82, 2.24) is 30.0 Å². The van der Waals surface area contributed by atoms with E-state index in [0.717, 1.165) is 12.8 Å². The Morgan fingerprint density at radius 1 is 1.19 bits per heavy atom. The monoisotopic (exact) mass is 493 g/mol. The van der Waals surface area contributed by atoms with Crippen LogP contribution in [0.15, 0.2) is 36.9 Å². The first-order valence-electron chi connectivity index (χ1n) is 11.7. The van der Waals surface area contributed by atoms with Crippen LogP contribution in [0.3, 0.4) is 0 Å². The van der Waals surface area contributed by atoms with Crippen LogP contribution in [0.25, 0.3) is 0 Å². The molecule has 0 spiro atoms. The lowest BCUT2D eigenvalue weighted by Crippen LogP contribution is -2.54. The van der Waals surface area contributed by atoms with Gasteiger partial charge in [0.1, 0.15) is 11.4 Å². The first kappa shape index (κ1) is 25.0. The van der Waals surface area contributed by atoms with Gasteiger partial charge in [0.25, 0.3) is 11.8 Å². The van der Waals surface area contributed by atoms with Crippen molar-refractivity contribution < 1.29 is 14.7 Å². The summed E-state index contributed by atoms with van der Waals surface area (Å²) in [5.74, 6) is -0.127. The van der Waals surface area contributed by atoms with Crippen molar-refractivity contribution in [2.45, 2.75) is 51.3 Å². The van der Waals surface area contributed by atoms with Crippen molar-refractivity contribution >= 4 is 29.1 Å². The number of aliphatic hydroxyl groups is 1. The number of hydrogen-bond donors (Lipinski definition) is 4. The Bertz CT molecular complexity index is 1250. The van der Waals surface area contributed by atoms with E-state index >= 15 is 0 Å². The van der Waals surface area contributed by atoms with Crippen LogP contribution in [-0.2, 0) is 12.6 Å². The lowest BCUT2D eigenvalue weighted by Gasteiger charge is -2.40. The van der Waals surface area contributed by atoms with E-state index in [0.29, 0.717) is 29.3 Å². The number of amides is 2. The van der Waals surface area contributed by atoms with Gasteiger partial charge in [-0.15, -0.1) is 0 Å². The SMILES string of the molecule is C[C@@H]1[C@H](NC(=O)c2ccc(C(C)(C)O)nc2)CCCN1c1cnc(C(N)=O)c(Nc2cnn(C)c2)n1. The predicted molar refractivity (Wildman–Crippen MR) is 134 cm³/mol. The average Bonchev–Trinajstić information content (AvgIpc) is 3.24. The van der Waals surface area contributed by atoms with E-state index in [-0.39, 0.29) is 29.5 Å². The van der Waals surface area contributed by atoms with Gasteiger partial charge in [0.15, 0.2) is 11.5 Å². The molecule has 2 amide bonds. The smallest absolute Gasteiger partial charge is 0.271 e. The summed E-state index contributed by atoms with van der Waals surface area (Å²) in [5.41, 5.74) is 6.01. The lowest BCUT2D eigenvalue weighted by molar-refractivity contribution is 0.0736. The molecule has 0 unspecified atom stereocenters. The normalized spacial score (nSPS) is 18.1. The van der Waals surface area contributed by atoms with E-state index in [1.54, 1.807) is 50.1 Å². The number of carbonyl (C=O) groups is 2. The number of aromatic nitrogens is 5. The molecule has 4 heterocycles. The summed E-state index contributed by atoms with van der Waals surface area (Å²) >= 11 is 0. The van der Waals surface area contributed by atoms with Crippen LogP contribution in [-0.4, -0.2) is 60.3 Å².